The summed E-state index contributed by atoms with van der Waals surface area (Å²) in [4.78, 5) is 0. The monoisotopic (exact) mass is 280 g/mol. The molecule has 2 rings (SSSR count). The molecule has 1 aliphatic carbocycles. The molecule has 1 fully saturated rings. The van der Waals surface area contributed by atoms with E-state index in [-0.39, 0.29) is 18.8 Å². The highest BCUT2D eigenvalue weighted by Crippen LogP contribution is 2.41. The molecule has 0 saturated heterocycles. The maximum Gasteiger partial charge on any atom is 0.248 e. The molecule has 0 radical (unpaired) electrons. The third kappa shape index (κ3) is 3.58. The molecule has 2 nitrogen and oxygen atoms in total. The summed E-state index contributed by atoms with van der Waals surface area (Å²) in [5, 5.41) is 10.1. The fraction of sp³-hybridized carbons (Fsp3) is 0.818. The minimum absolute atomic E-state index is 0.0196. The van der Waals surface area contributed by atoms with E-state index in [1.54, 1.807) is 11.3 Å². The van der Waals surface area contributed by atoms with E-state index in [1.165, 1.54) is 0 Å². The lowest BCUT2D eigenvalue weighted by atomic mass is 9.87. The van der Waals surface area contributed by atoms with Crippen molar-refractivity contribution < 1.29 is 8.78 Å². The van der Waals surface area contributed by atoms with Crippen LogP contribution in [0.25, 0.3) is 0 Å². The Kier molecular flexibility index (Phi) is 4.31. The summed E-state index contributed by atoms with van der Waals surface area (Å²) in [6.07, 6.45) is 2.74. The largest absolute Gasteiger partial charge is 0.248 e. The van der Waals surface area contributed by atoms with Crippen LogP contribution >= 0.6 is 22.9 Å². The highest BCUT2D eigenvalue weighted by atomic mass is 35.5. The molecule has 1 heterocycles. The second-order valence-corrected chi connectivity index (χ2v) is 5.93. The van der Waals surface area contributed by atoms with Crippen LogP contribution in [-0.2, 0) is 6.42 Å². The molecule has 1 aromatic heterocycles. The van der Waals surface area contributed by atoms with Gasteiger partial charge in [-0.2, -0.15) is 0 Å². The number of aryl methyl sites for hydroxylation is 1. The molecule has 0 amide bonds. The number of halogens is 3. The van der Waals surface area contributed by atoms with Crippen molar-refractivity contribution in [2.24, 2.45) is 0 Å². The van der Waals surface area contributed by atoms with E-state index in [1.807, 2.05) is 0 Å². The molecule has 1 aliphatic rings. The van der Waals surface area contributed by atoms with Gasteiger partial charge in [-0.25, -0.2) is 8.78 Å². The Bertz CT molecular complexity index is 360. The van der Waals surface area contributed by atoms with Gasteiger partial charge in [0.25, 0.3) is 0 Å². The Balaban J connectivity index is 1.92. The van der Waals surface area contributed by atoms with Gasteiger partial charge in [-0.05, 0) is 19.3 Å². The molecule has 0 bridgehead atoms. The summed E-state index contributed by atoms with van der Waals surface area (Å²) in [7, 11) is 0. The Hall–Kier alpha value is -0.290. The third-order valence-electron chi connectivity index (χ3n) is 3.07. The molecular weight excluding hydrogens is 266 g/mol. The van der Waals surface area contributed by atoms with Crippen molar-refractivity contribution in [3.8, 4) is 0 Å². The predicted molar refractivity (Wildman–Crippen MR) is 65.1 cm³/mol. The van der Waals surface area contributed by atoms with Crippen molar-refractivity contribution in [3.05, 3.63) is 10.0 Å². The van der Waals surface area contributed by atoms with Gasteiger partial charge in [0.1, 0.15) is 10.0 Å². The van der Waals surface area contributed by atoms with E-state index in [4.69, 9.17) is 11.6 Å². The molecule has 0 aromatic carbocycles. The average Bonchev–Trinajstić information content (AvgIpc) is 2.75. The molecule has 0 aliphatic heterocycles. The molecule has 0 atom stereocenters. The van der Waals surface area contributed by atoms with Crippen LogP contribution in [0.1, 0.15) is 48.0 Å². The zero-order valence-corrected chi connectivity index (χ0v) is 11.0. The van der Waals surface area contributed by atoms with Crippen LogP contribution < -0.4 is 0 Å². The van der Waals surface area contributed by atoms with Gasteiger partial charge in [-0.1, -0.05) is 0 Å². The van der Waals surface area contributed by atoms with Crippen molar-refractivity contribution >= 4 is 22.9 Å². The molecule has 6 heteroatoms. The summed E-state index contributed by atoms with van der Waals surface area (Å²) in [5.41, 5.74) is 0. The van der Waals surface area contributed by atoms with Crippen molar-refractivity contribution in [2.75, 3.05) is 5.88 Å². The summed E-state index contributed by atoms with van der Waals surface area (Å²) in [5.74, 6) is -1.68. The predicted octanol–water partition coefficient (Wildman–Crippen LogP) is 4.00. The van der Waals surface area contributed by atoms with E-state index in [2.05, 4.69) is 10.2 Å². The number of hydrogen-bond donors (Lipinski definition) is 0. The molecule has 0 spiro atoms. The first kappa shape index (κ1) is 13.1. The summed E-state index contributed by atoms with van der Waals surface area (Å²) in [6.45, 7) is 0. The number of rotatable bonds is 4. The van der Waals surface area contributed by atoms with E-state index < -0.39 is 5.92 Å². The molecule has 96 valence electrons. The van der Waals surface area contributed by atoms with E-state index >= 15 is 0 Å². The zero-order chi connectivity index (χ0) is 12.3. The molecule has 0 unspecified atom stereocenters. The van der Waals surface area contributed by atoms with Gasteiger partial charge in [0.15, 0.2) is 0 Å². The summed E-state index contributed by atoms with van der Waals surface area (Å²) in [6, 6.07) is 0. The minimum atomic E-state index is -2.47. The van der Waals surface area contributed by atoms with Crippen molar-refractivity contribution in [1.82, 2.24) is 10.2 Å². The van der Waals surface area contributed by atoms with Crippen LogP contribution in [0.15, 0.2) is 0 Å². The number of nitrogens with zero attached hydrogens (tertiary/aromatic N) is 2. The lowest BCUT2D eigenvalue weighted by molar-refractivity contribution is -0.0382. The van der Waals surface area contributed by atoms with Crippen LogP contribution in [0.4, 0.5) is 8.78 Å². The zero-order valence-electron chi connectivity index (χ0n) is 9.46. The van der Waals surface area contributed by atoms with Crippen LogP contribution in [0.2, 0.25) is 0 Å². The van der Waals surface area contributed by atoms with Crippen LogP contribution in [0.5, 0.6) is 0 Å². The smallest absolute Gasteiger partial charge is 0.207 e. The second kappa shape index (κ2) is 5.57. The molecular formula is C11H15ClF2N2S. The van der Waals surface area contributed by atoms with Gasteiger partial charge in [-0.15, -0.1) is 33.1 Å². The lowest BCUT2D eigenvalue weighted by Gasteiger charge is -2.26. The fourth-order valence-electron chi connectivity index (χ4n) is 2.04. The van der Waals surface area contributed by atoms with Crippen LogP contribution in [-0.4, -0.2) is 22.0 Å². The average molecular weight is 281 g/mol. The highest BCUT2D eigenvalue weighted by Gasteiger charge is 2.36. The van der Waals surface area contributed by atoms with Gasteiger partial charge in [-0.3, -0.25) is 0 Å². The van der Waals surface area contributed by atoms with Gasteiger partial charge in [0.05, 0.1) is 0 Å². The van der Waals surface area contributed by atoms with Gasteiger partial charge >= 0.3 is 0 Å². The van der Waals surface area contributed by atoms with Crippen molar-refractivity contribution in [2.45, 2.75) is 50.4 Å². The van der Waals surface area contributed by atoms with Gasteiger partial charge < -0.3 is 0 Å². The van der Waals surface area contributed by atoms with E-state index in [0.717, 1.165) is 22.9 Å². The topological polar surface area (TPSA) is 25.8 Å². The summed E-state index contributed by atoms with van der Waals surface area (Å²) >= 11 is 7.17. The van der Waals surface area contributed by atoms with E-state index in [9.17, 15) is 8.78 Å². The maximum absolute atomic E-state index is 13.0. The fourth-order valence-corrected chi connectivity index (χ4v) is 3.22. The van der Waals surface area contributed by atoms with Crippen molar-refractivity contribution in [3.63, 3.8) is 0 Å². The van der Waals surface area contributed by atoms with Gasteiger partial charge in [0, 0.05) is 31.1 Å². The van der Waals surface area contributed by atoms with Gasteiger partial charge in [0.2, 0.25) is 5.92 Å². The highest BCUT2D eigenvalue weighted by molar-refractivity contribution is 7.11. The standard InChI is InChI=1S/C11H15ClF2N2S/c12-7-1-2-9-15-16-10(17-9)8-3-5-11(13,14)6-4-8/h8H,1-7H2. The Morgan fingerprint density at radius 3 is 2.65 bits per heavy atom. The Morgan fingerprint density at radius 1 is 1.29 bits per heavy atom. The second-order valence-electron chi connectivity index (χ2n) is 4.46. The Morgan fingerprint density at radius 2 is 2.00 bits per heavy atom. The van der Waals surface area contributed by atoms with Crippen LogP contribution in [0.3, 0.4) is 0 Å². The summed E-state index contributed by atoms with van der Waals surface area (Å²) < 4.78 is 26.0. The molecule has 0 N–H and O–H groups in total. The maximum atomic E-state index is 13.0. The first-order valence-electron chi connectivity index (χ1n) is 5.87. The SMILES string of the molecule is FC1(F)CCC(c2nnc(CCCCl)s2)CC1. The lowest BCUT2D eigenvalue weighted by Crippen LogP contribution is -2.23. The Labute approximate surface area is 108 Å². The first-order valence-corrected chi connectivity index (χ1v) is 7.22. The van der Waals surface area contributed by atoms with E-state index in [0.29, 0.717) is 18.7 Å². The third-order valence-corrected chi connectivity index (χ3v) is 4.49. The minimum Gasteiger partial charge on any atom is -0.207 e. The number of hydrogen-bond acceptors (Lipinski definition) is 3. The number of alkyl halides is 3. The molecule has 1 aromatic rings. The normalized spacial score (nSPS) is 20.6. The molecule has 1 saturated carbocycles. The van der Waals surface area contributed by atoms with Crippen molar-refractivity contribution in [1.29, 1.82) is 0 Å². The quantitative estimate of drug-likeness (QED) is 0.779. The number of aromatic nitrogens is 2. The molecule has 17 heavy (non-hydrogen) atoms. The van der Waals surface area contributed by atoms with Crippen LogP contribution in [0, 0.1) is 0 Å². The first-order chi connectivity index (χ1) is 8.11.